The summed E-state index contributed by atoms with van der Waals surface area (Å²) < 4.78 is 32.4. The van der Waals surface area contributed by atoms with Gasteiger partial charge in [-0.05, 0) is 30.3 Å². The number of nitriles is 1. The molecule has 6 nitrogen and oxygen atoms in total. The molecule has 162 valence electrons. The Balaban J connectivity index is 1.58. The summed E-state index contributed by atoms with van der Waals surface area (Å²) in [6.45, 7) is 1.24. The van der Waals surface area contributed by atoms with Crippen molar-refractivity contribution in [2.75, 3.05) is 33.4 Å². The molecule has 0 aromatic heterocycles. The summed E-state index contributed by atoms with van der Waals surface area (Å²) in [5.74, 6) is 0.398. The molecule has 0 saturated carbocycles. The van der Waals surface area contributed by atoms with E-state index in [1.54, 1.807) is 29.2 Å². The highest BCUT2D eigenvalue weighted by molar-refractivity contribution is 6.30. The van der Waals surface area contributed by atoms with E-state index in [-0.39, 0.29) is 60.5 Å². The van der Waals surface area contributed by atoms with Gasteiger partial charge in [0.15, 0.2) is 0 Å². The molecule has 0 bridgehead atoms. The molecule has 31 heavy (non-hydrogen) atoms. The highest BCUT2D eigenvalue weighted by Gasteiger charge is 2.42. The van der Waals surface area contributed by atoms with E-state index in [2.05, 4.69) is 0 Å². The second-order valence-electron chi connectivity index (χ2n) is 7.66. The number of hydrogen-bond donors (Lipinski definition) is 0. The molecular formula is C23H22ClFN2O4. The van der Waals surface area contributed by atoms with Gasteiger partial charge in [-0.3, -0.25) is 4.79 Å². The summed E-state index contributed by atoms with van der Waals surface area (Å²) in [4.78, 5) is 15.0. The molecule has 0 N–H and O–H groups in total. The van der Waals surface area contributed by atoms with Gasteiger partial charge in [-0.15, -0.1) is 0 Å². The lowest BCUT2D eigenvalue weighted by atomic mass is 9.83. The normalized spacial score (nSPS) is 18.1. The molecule has 4 rings (SSSR count). The maximum atomic E-state index is 15.8. The van der Waals surface area contributed by atoms with Gasteiger partial charge in [0.1, 0.15) is 29.3 Å². The molecule has 1 amide bonds. The Hall–Kier alpha value is -2.82. The van der Waals surface area contributed by atoms with E-state index in [0.717, 1.165) is 0 Å². The number of benzene rings is 2. The molecular weight excluding hydrogens is 423 g/mol. The average Bonchev–Trinajstić information content (AvgIpc) is 2.76. The van der Waals surface area contributed by atoms with Crippen LogP contribution in [0.3, 0.4) is 0 Å². The number of nitrogens with zero attached hydrogens (tertiary/aromatic N) is 2. The first-order chi connectivity index (χ1) is 14.9. The SMILES string of the molecule is COc1c(C#N)ccc(C2(F)CCOCC2)c1C(=O)N1CC(Oc2ccc(Cl)cc2)C1. The molecule has 2 aliphatic rings. The van der Waals surface area contributed by atoms with Crippen molar-refractivity contribution in [2.24, 2.45) is 0 Å². The summed E-state index contributed by atoms with van der Waals surface area (Å²) in [6.07, 6.45) is 0.107. The minimum absolute atomic E-state index is 0.107. The molecule has 2 heterocycles. The van der Waals surface area contributed by atoms with E-state index in [0.29, 0.717) is 23.9 Å². The Bertz CT molecular complexity index is 1010. The van der Waals surface area contributed by atoms with E-state index in [4.69, 9.17) is 25.8 Å². The van der Waals surface area contributed by atoms with Gasteiger partial charge in [-0.25, -0.2) is 4.39 Å². The summed E-state index contributed by atoms with van der Waals surface area (Å²) in [5.41, 5.74) is -1.16. The molecule has 0 atom stereocenters. The Kier molecular flexibility index (Phi) is 6.03. The summed E-state index contributed by atoms with van der Waals surface area (Å²) in [5, 5.41) is 10.1. The largest absolute Gasteiger partial charge is 0.495 e. The van der Waals surface area contributed by atoms with Crippen molar-refractivity contribution in [1.29, 1.82) is 5.26 Å². The van der Waals surface area contributed by atoms with Crippen LogP contribution in [0.2, 0.25) is 5.02 Å². The zero-order valence-corrected chi connectivity index (χ0v) is 17.8. The Labute approximate surface area is 185 Å². The molecule has 2 saturated heterocycles. The van der Waals surface area contributed by atoms with E-state index >= 15 is 4.39 Å². The molecule has 0 unspecified atom stereocenters. The maximum absolute atomic E-state index is 15.8. The Morgan fingerprint density at radius 1 is 1.23 bits per heavy atom. The minimum Gasteiger partial charge on any atom is -0.495 e. The third-order valence-electron chi connectivity index (χ3n) is 5.72. The van der Waals surface area contributed by atoms with Crippen LogP contribution >= 0.6 is 11.6 Å². The van der Waals surface area contributed by atoms with E-state index in [1.807, 2.05) is 6.07 Å². The van der Waals surface area contributed by atoms with E-state index in [9.17, 15) is 10.1 Å². The van der Waals surface area contributed by atoms with Gasteiger partial charge in [0.05, 0.1) is 31.3 Å². The predicted molar refractivity (Wildman–Crippen MR) is 112 cm³/mol. The lowest BCUT2D eigenvalue weighted by Gasteiger charge is -2.40. The van der Waals surface area contributed by atoms with Gasteiger partial charge in [-0.1, -0.05) is 17.7 Å². The minimum atomic E-state index is -1.71. The number of amides is 1. The first kappa shape index (κ1) is 21.4. The van der Waals surface area contributed by atoms with Gasteiger partial charge < -0.3 is 19.1 Å². The number of carbonyl (C=O) groups excluding carboxylic acids is 1. The van der Waals surface area contributed by atoms with E-state index in [1.165, 1.54) is 19.2 Å². The van der Waals surface area contributed by atoms with Crippen molar-refractivity contribution in [2.45, 2.75) is 24.6 Å². The lowest BCUT2D eigenvalue weighted by molar-refractivity contribution is -0.0129. The van der Waals surface area contributed by atoms with Gasteiger partial charge in [0, 0.05) is 36.6 Å². The number of likely N-dealkylation sites (tertiary alicyclic amines) is 1. The fraction of sp³-hybridized carbons (Fsp3) is 0.391. The third kappa shape index (κ3) is 4.18. The molecule has 2 fully saturated rings. The van der Waals surface area contributed by atoms with Gasteiger partial charge >= 0.3 is 0 Å². The third-order valence-corrected chi connectivity index (χ3v) is 5.97. The monoisotopic (exact) mass is 444 g/mol. The van der Waals surface area contributed by atoms with Crippen LogP contribution in [-0.4, -0.2) is 50.3 Å². The second kappa shape index (κ2) is 8.74. The number of alkyl halides is 1. The number of carbonyl (C=O) groups is 1. The van der Waals surface area contributed by atoms with Gasteiger partial charge in [0.25, 0.3) is 5.91 Å². The van der Waals surface area contributed by atoms with Crippen molar-refractivity contribution in [1.82, 2.24) is 4.90 Å². The first-order valence-electron chi connectivity index (χ1n) is 10.0. The van der Waals surface area contributed by atoms with Crippen LogP contribution in [0, 0.1) is 11.3 Å². The van der Waals surface area contributed by atoms with Gasteiger partial charge in [-0.2, -0.15) is 5.26 Å². The zero-order valence-electron chi connectivity index (χ0n) is 17.1. The topological polar surface area (TPSA) is 71.8 Å². The number of hydrogen-bond acceptors (Lipinski definition) is 5. The van der Waals surface area contributed by atoms with Crippen LogP contribution < -0.4 is 9.47 Å². The predicted octanol–water partition coefficient (Wildman–Crippen LogP) is 4.10. The highest BCUT2D eigenvalue weighted by Crippen LogP contribution is 2.42. The summed E-state index contributed by atoms with van der Waals surface area (Å²) >= 11 is 5.89. The smallest absolute Gasteiger partial charge is 0.258 e. The summed E-state index contributed by atoms with van der Waals surface area (Å²) in [6, 6.07) is 12.1. The van der Waals surface area contributed by atoms with Crippen molar-refractivity contribution in [3.8, 4) is 17.6 Å². The molecule has 8 heteroatoms. The molecule has 2 aromatic rings. The molecule has 2 aliphatic heterocycles. The highest BCUT2D eigenvalue weighted by atomic mass is 35.5. The van der Waals surface area contributed by atoms with Crippen LogP contribution in [0.25, 0.3) is 0 Å². The van der Waals surface area contributed by atoms with E-state index < -0.39 is 5.67 Å². The van der Waals surface area contributed by atoms with Crippen LogP contribution in [0.4, 0.5) is 4.39 Å². The first-order valence-corrected chi connectivity index (χ1v) is 10.4. The Morgan fingerprint density at radius 3 is 2.52 bits per heavy atom. The average molecular weight is 445 g/mol. The van der Waals surface area contributed by atoms with Crippen LogP contribution in [0.1, 0.15) is 34.3 Å². The standard InChI is InChI=1S/C23H22ClFN2O4/c1-29-21-15(12-26)2-7-19(23(25)8-10-30-11-9-23)20(21)22(28)27-13-18(14-27)31-17-5-3-16(24)4-6-17/h2-7,18H,8-11,13-14H2,1H3. The zero-order chi connectivity index (χ0) is 22.0. The van der Waals surface area contributed by atoms with Crippen LogP contribution in [0.15, 0.2) is 36.4 Å². The Morgan fingerprint density at radius 2 is 1.90 bits per heavy atom. The van der Waals surface area contributed by atoms with Crippen molar-refractivity contribution in [3.63, 3.8) is 0 Å². The van der Waals surface area contributed by atoms with Crippen LogP contribution in [-0.2, 0) is 10.4 Å². The maximum Gasteiger partial charge on any atom is 0.258 e. The molecule has 0 aliphatic carbocycles. The molecule has 2 aromatic carbocycles. The number of ether oxygens (including phenoxy) is 3. The fourth-order valence-corrected chi connectivity index (χ4v) is 4.10. The second-order valence-corrected chi connectivity index (χ2v) is 8.10. The fourth-order valence-electron chi connectivity index (χ4n) is 3.97. The van der Waals surface area contributed by atoms with Gasteiger partial charge in [0.2, 0.25) is 0 Å². The van der Waals surface area contributed by atoms with Crippen molar-refractivity contribution in [3.05, 3.63) is 58.1 Å². The lowest BCUT2D eigenvalue weighted by Crippen LogP contribution is -2.56. The summed E-state index contributed by atoms with van der Waals surface area (Å²) in [7, 11) is 1.38. The van der Waals surface area contributed by atoms with Crippen molar-refractivity contribution < 1.29 is 23.4 Å². The number of halogens is 2. The number of methoxy groups -OCH3 is 1. The molecule has 0 spiro atoms. The van der Waals surface area contributed by atoms with Crippen LogP contribution in [0.5, 0.6) is 11.5 Å². The quantitative estimate of drug-likeness (QED) is 0.694. The molecule has 0 radical (unpaired) electrons. The van der Waals surface area contributed by atoms with Crippen molar-refractivity contribution >= 4 is 17.5 Å². The number of rotatable bonds is 5.